The summed E-state index contributed by atoms with van der Waals surface area (Å²) in [7, 11) is 4.07. The number of likely N-dealkylation sites (N-methyl/N-ethyl adjacent to an activating group) is 1. The molecule has 20 heavy (non-hydrogen) atoms. The lowest BCUT2D eigenvalue weighted by Crippen LogP contribution is -2.43. The number of nitrogens with zero attached hydrogens (tertiary/aromatic N) is 3. The largest absolute Gasteiger partial charge is 0.475 e. The fraction of sp³-hybridized carbons (Fsp3) is 0.571. The highest BCUT2D eigenvalue weighted by atomic mass is 35.5. The smallest absolute Gasteiger partial charge is 0.227 e. The molecule has 0 N–H and O–H groups in total. The van der Waals surface area contributed by atoms with Crippen LogP contribution in [0.3, 0.4) is 0 Å². The van der Waals surface area contributed by atoms with Crippen LogP contribution in [0.25, 0.3) is 10.2 Å². The van der Waals surface area contributed by atoms with Crippen LogP contribution in [0.1, 0.15) is 25.6 Å². The summed E-state index contributed by atoms with van der Waals surface area (Å²) in [5.74, 6) is 0.575. The van der Waals surface area contributed by atoms with Gasteiger partial charge in [0.05, 0.1) is 5.39 Å². The lowest BCUT2D eigenvalue weighted by atomic mass is 10.1. The average Bonchev–Trinajstić information content (AvgIpc) is 2.78. The van der Waals surface area contributed by atoms with E-state index in [4.69, 9.17) is 16.3 Å². The molecule has 4 nitrogen and oxygen atoms in total. The summed E-state index contributed by atoms with van der Waals surface area (Å²) in [5, 5.41) is 1.19. The van der Waals surface area contributed by atoms with Gasteiger partial charge in [0.1, 0.15) is 11.4 Å². The van der Waals surface area contributed by atoms with Crippen LogP contribution < -0.4 is 4.74 Å². The number of halogens is 1. The molecule has 0 unspecified atom stereocenters. The van der Waals surface area contributed by atoms with E-state index in [-0.39, 0.29) is 10.8 Å². The molecule has 110 valence electrons. The summed E-state index contributed by atoms with van der Waals surface area (Å²) >= 11 is 7.62. The zero-order valence-corrected chi connectivity index (χ0v) is 14.1. The van der Waals surface area contributed by atoms with E-state index in [2.05, 4.69) is 41.7 Å². The first-order valence-corrected chi connectivity index (χ1v) is 7.79. The molecule has 2 rings (SSSR count). The van der Waals surface area contributed by atoms with E-state index in [0.717, 1.165) is 16.6 Å². The van der Waals surface area contributed by atoms with Gasteiger partial charge in [-0.05, 0) is 52.0 Å². The molecule has 0 aromatic carbocycles. The Bertz CT molecular complexity index is 610. The third kappa shape index (κ3) is 3.22. The maximum absolute atomic E-state index is 5.98. The maximum Gasteiger partial charge on any atom is 0.227 e. The lowest BCUT2D eigenvalue weighted by molar-refractivity contribution is 0.112. The number of fused-ring (bicyclic) bond motifs is 1. The quantitative estimate of drug-likeness (QED) is 0.790. The molecule has 6 heteroatoms. The summed E-state index contributed by atoms with van der Waals surface area (Å²) in [5.41, 5.74) is -0.0760. The number of aromatic nitrogens is 2. The minimum absolute atomic E-state index is 0.0760. The first-order chi connectivity index (χ1) is 9.33. The number of hydrogen-bond acceptors (Lipinski definition) is 5. The summed E-state index contributed by atoms with van der Waals surface area (Å²) in [6.07, 6.45) is 0.973. The molecule has 2 heterocycles. The SMILES string of the molecule is CCc1cc2c(OCC(C)(C)N(C)C)nc(Cl)nc2s1. The van der Waals surface area contributed by atoms with Crippen LogP contribution in [0, 0.1) is 0 Å². The zero-order chi connectivity index (χ0) is 14.9. The third-order valence-electron chi connectivity index (χ3n) is 3.50. The van der Waals surface area contributed by atoms with Crippen molar-refractivity contribution in [2.75, 3.05) is 20.7 Å². The number of thiophene rings is 1. The van der Waals surface area contributed by atoms with Crippen LogP contribution in [0.4, 0.5) is 0 Å². The Morgan fingerprint density at radius 1 is 1.35 bits per heavy atom. The van der Waals surface area contributed by atoms with E-state index < -0.39 is 0 Å². The number of rotatable bonds is 5. The molecule has 2 aromatic rings. The monoisotopic (exact) mass is 313 g/mol. The van der Waals surface area contributed by atoms with E-state index in [1.807, 2.05) is 14.1 Å². The molecule has 0 spiro atoms. The molecule has 0 aliphatic heterocycles. The Hall–Kier alpha value is -0.910. The standard InChI is InChI=1S/C14H20ClN3OS/c1-6-9-7-10-11(16-13(15)17-12(10)20-9)19-8-14(2,3)18(4)5/h7H,6,8H2,1-5H3. The molecule has 0 radical (unpaired) electrons. The van der Waals surface area contributed by atoms with Crippen LogP contribution >= 0.6 is 22.9 Å². The highest BCUT2D eigenvalue weighted by Gasteiger charge is 2.22. The van der Waals surface area contributed by atoms with Gasteiger partial charge in [-0.1, -0.05) is 6.92 Å². The van der Waals surface area contributed by atoms with Crippen molar-refractivity contribution in [3.63, 3.8) is 0 Å². The Morgan fingerprint density at radius 2 is 2.05 bits per heavy atom. The van der Waals surface area contributed by atoms with Crippen molar-refractivity contribution in [3.8, 4) is 5.88 Å². The maximum atomic E-state index is 5.98. The fourth-order valence-electron chi connectivity index (χ4n) is 1.58. The van der Waals surface area contributed by atoms with Crippen molar-refractivity contribution >= 4 is 33.2 Å². The first-order valence-electron chi connectivity index (χ1n) is 6.59. The van der Waals surface area contributed by atoms with Crippen LogP contribution in [0.15, 0.2) is 6.07 Å². The summed E-state index contributed by atoms with van der Waals surface area (Å²) < 4.78 is 5.91. The lowest BCUT2D eigenvalue weighted by Gasteiger charge is -2.31. The zero-order valence-electron chi connectivity index (χ0n) is 12.5. The van der Waals surface area contributed by atoms with Gasteiger partial charge in [0, 0.05) is 10.4 Å². The molecule has 0 aliphatic rings. The van der Waals surface area contributed by atoms with Crippen LogP contribution in [-0.2, 0) is 6.42 Å². The predicted molar refractivity (Wildman–Crippen MR) is 85.1 cm³/mol. The van der Waals surface area contributed by atoms with Crippen molar-refractivity contribution < 1.29 is 4.74 Å². The van der Waals surface area contributed by atoms with Crippen molar-refractivity contribution in [2.24, 2.45) is 0 Å². The molecular weight excluding hydrogens is 294 g/mol. The summed E-state index contributed by atoms with van der Waals surface area (Å²) in [4.78, 5) is 12.8. The summed E-state index contributed by atoms with van der Waals surface area (Å²) in [6.45, 7) is 6.91. The van der Waals surface area contributed by atoms with Crippen molar-refractivity contribution in [1.82, 2.24) is 14.9 Å². The second-order valence-corrected chi connectivity index (χ2v) is 7.03. The van der Waals surface area contributed by atoms with E-state index >= 15 is 0 Å². The average molecular weight is 314 g/mol. The molecule has 0 saturated heterocycles. The van der Waals surface area contributed by atoms with Crippen LogP contribution in [0.5, 0.6) is 5.88 Å². The van der Waals surface area contributed by atoms with Gasteiger partial charge in [-0.15, -0.1) is 11.3 Å². The molecule has 0 atom stereocenters. The Morgan fingerprint density at radius 3 is 2.65 bits per heavy atom. The molecule has 0 aliphatic carbocycles. The minimum Gasteiger partial charge on any atom is -0.475 e. The van der Waals surface area contributed by atoms with Gasteiger partial charge < -0.3 is 9.64 Å². The molecule has 0 amide bonds. The Kier molecular flexibility index (Phi) is 4.52. The highest BCUT2D eigenvalue weighted by molar-refractivity contribution is 7.18. The van der Waals surface area contributed by atoms with Gasteiger partial charge in [-0.25, -0.2) is 4.98 Å². The van der Waals surface area contributed by atoms with Crippen molar-refractivity contribution in [1.29, 1.82) is 0 Å². The van der Waals surface area contributed by atoms with E-state index in [1.54, 1.807) is 11.3 Å². The normalized spacial score (nSPS) is 12.3. The molecule has 0 fully saturated rings. The third-order valence-corrected chi connectivity index (χ3v) is 4.85. The van der Waals surface area contributed by atoms with Crippen molar-refractivity contribution in [2.45, 2.75) is 32.7 Å². The fourth-order valence-corrected chi connectivity index (χ4v) is 2.75. The molecule has 2 aromatic heterocycles. The van der Waals surface area contributed by atoms with E-state index in [1.165, 1.54) is 4.88 Å². The van der Waals surface area contributed by atoms with Gasteiger partial charge in [0.25, 0.3) is 0 Å². The van der Waals surface area contributed by atoms with E-state index in [0.29, 0.717) is 12.5 Å². The van der Waals surface area contributed by atoms with Crippen molar-refractivity contribution in [3.05, 3.63) is 16.2 Å². The molecule has 0 bridgehead atoms. The first kappa shape index (κ1) is 15.5. The molecular formula is C14H20ClN3OS. The van der Waals surface area contributed by atoms with Gasteiger partial charge >= 0.3 is 0 Å². The van der Waals surface area contributed by atoms with Gasteiger partial charge in [-0.2, -0.15) is 4.98 Å². The molecule has 0 saturated carbocycles. The van der Waals surface area contributed by atoms with Gasteiger partial charge in [0.15, 0.2) is 0 Å². The Labute approximate surface area is 128 Å². The predicted octanol–water partition coefficient (Wildman–Crippen LogP) is 3.63. The minimum atomic E-state index is -0.0760. The second kappa shape index (κ2) is 5.84. The topological polar surface area (TPSA) is 38.2 Å². The van der Waals surface area contributed by atoms with Gasteiger partial charge in [0.2, 0.25) is 11.2 Å². The Balaban J connectivity index is 2.31. The van der Waals surface area contributed by atoms with Crippen LogP contribution in [0.2, 0.25) is 5.28 Å². The number of hydrogen-bond donors (Lipinski definition) is 0. The van der Waals surface area contributed by atoms with Gasteiger partial charge in [-0.3, -0.25) is 0 Å². The summed E-state index contributed by atoms with van der Waals surface area (Å²) in [6, 6.07) is 2.09. The highest BCUT2D eigenvalue weighted by Crippen LogP contribution is 2.32. The number of ether oxygens (including phenoxy) is 1. The second-order valence-electron chi connectivity index (χ2n) is 5.58. The van der Waals surface area contributed by atoms with Crippen LogP contribution in [-0.4, -0.2) is 41.1 Å². The van der Waals surface area contributed by atoms with E-state index in [9.17, 15) is 0 Å². The number of aryl methyl sites for hydroxylation is 1.